The minimum Gasteiger partial charge on any atom is -0.481 e. The topological polar surface area (TPSA) is 40.5 Å². The molecule has 0 spiro atoms. The summed E-state index contributed by atoms with van der Waals surface area (Å²) in [6, 6.07) is 5.93. The van der Waals surface area contributed by atoms with E-state index in [-0.39, 0.29) is 6.42 Å². The van der Waals surface area contributed by atoms with Gasteiger partial charge in [-0.1, -0.05) is 17.7 Å². The highest BCUT2D eigenvalue weighted by atomic mass is 35.5. The van der Waals surface area contributed by atoms with Crippen molar-refractivity contribution in [3.05, 3.63) is 28.8 Å². The largest absolute Gasteiger partial charge is 0.481 e. The lowest BCUT2D eigenvalue weighted by Crippen LogP contribution is -2.20. The Kier molecular flexibility index (Phi) is 4.12. The normalized spacial score (nSPS) is 19.2. The third-order valence-corrected chi connectivity index (χ3v) is 3.80. The number of carboxylic acid groups (broad SMARTS) is 1. The third kappa shape index (κ3) is 3.16. The van der Waals surface area contributed by atoms with Crippen LogP contribution in [-0.4, -0.2) is 24.2 Å². The maximum Gasteiger partial charge on any atom is 0.303 e. The number of halogens is 1. The minimum atomic E-state index is -0.701. The molecule has 4 heteroatoms. The van der Waals surface area contributed by atoms with E-state index in [4.69, 9.17) is 16.7 Å². The fourth-order valence-electron chi connectivity index (χ4n) is 2.54. The molecule has 1 aromatic rings. The van der Waals surface area contributed by atoms with Crippen LogP contribution < -0.4 is 4.90 Å². The van der Waals surface area contributed by atoms with Crippen LogP contribution >= 0.6 is 11.6 Å². The second kappa shape index (κ2) is 5.61. The Balaban J connectivity index is 1.99. The molecule has 0 radical (unpaired) electrons. The van der Waals surface area contributed by atoms with E-state index in [2.05, 4.69) is 11.8 Å². The summed E-state index contributed by atoms with van der Waals surface area (Å²) in [6.07, 6.45) is 2.11. The number of rotatable bonds is 4. The first-order valence-corrected chi connectivity index (χ1v) is 6.67. The Morgan fingerprint density at radius 2 is 2.33 bits per heavy atom. The number of aryl methyl sites for hydroxylation is 1. The highest BCUT2D eigenvalue weighted by molar-refractivity contribution is 6.30. The summed E-state index contributed by atoms with van der Waals surface area (Å²) in [6.45, 7) is 4.01. The Morgan fingerprint density at radius 3 is 3.06 bits per heavy atom. The number of benzene rings is 1. The van der Waals surface area contributed by atoms with Gasteiger partial charge in [0.2, 0.25) is 0 Å². The molecule has 0 saturated carbocycles. The van der Waals surface area contributed by atoms with E-state index in [0.29, 0.717) is 5.92 Å². The second-order valence-corrected chi connectivity index (χ2v) is 5.40. The number of nitrogens with zero attached hydrogens (tertiary/aromatic N) is 1. The van der Waals surface area contributed by atoms with Gasteiger partial charge < -0.3 is 10.0 Å². The number of hydrogen-bond donors (Lipinski definition) is 1. The van der Waals surface area contributed by atoms with Crippen molar-refractivity contribution in [2.75, 3.05) is 18.0 Å². The summed E-state index contributed by atoms with van der Waals surface area (Å²) in [7, 11) is 0. The van der Waals surface area contributed by atoms with Gasteiger partial charge in [0.1, 0.15) is 0 Å². The van der Waals surface area contributed by atoms with E-state index >= 15 is 0 Å². The smallest absolute Gasteiger partial charge is 0.303 e. The lowest BCUT2D eigenvalue weighted by Gasteiger charge is -2.21. The fourth-order valence-corrected chi connectivity index (χ4v) is 2.70. The van der Waals surface area contributed by atoms with Gasteiger partial charge in [0, 0.05) is 30.2 Å². The zero-order valence-electron chi connectivity index (χ0n) is 10.5. The first kappa shape index (κ1) is 13.2. The first-order chi connectivity index (χ1) is 8.56. The van der Waals surface area contributed by atoms with Crippen LogP contribution in [0.25, 0.3) is 0 Å². The van der Waals surface area contributed by atoms with Crippen LogP contribution in [0.2, 0.25) is 5.02 Å². The van der Waals surface area contributed by atoms with E-state index in [9.17, 15) is 4.79 Å². The molecule has 0 amide bonds. The maximum atomic E-state index is 10.6. The molecule has 1 heterocycles. The average molecular weight is 268 g/mol. The molecule has 0 aliphatic carbocycles. The fraction of sp³-hybridized carbons (Fsp3) is 0.500. The summed E-state index contributed by atoms with van der Waals surface area (Å²) in [5, 5.41) is 9.46. The summed E-state index contributed by atoms with van der Waals surface area (Å²) < 4.78 is 0. The number of anilines is 1. The number of carbonyl (C=O) groups is 1. The van der Waals surface area contributed by atoms with E-state index in [1.54, 1.807) is 0 Å². The lowest BCUT2D eigenvalue weighted by molar-refractivity contribution is -0.137. The molecule has 1 aromatic carbocycles. The molecule has 0 aromatic heterocycles. The summed E-state index contributed by atoms with van der Waals surface area (Å²) in [5.74, 6) is -0.216. The van der Waals surface area contributed by atoms with E-state index in [0.717, 1.165) is 31.0 Å². The van der Waals surface area contributed by atoms with Crippen molar-refractivity contribution in [3.63, 3.8) is 0 Å². The first-order valence-electron chi connectivity index (χ1n) is 6.29. The molecule has 3 nitrogen and oxygen atoms in total. The van der Waals surface area contributed by atoms with Crippen LogP contribution in [-0.2, 0) is 4.79 Å². The van der Waals surface area contributed by atoms with Gasteiger partial charge in [-0.3, -0.25) is 4.79 Å². The van der Waals surface area contributed by atoms with Crippen molar-refractivity contribution in [2.24, 2.45) is 5.92 Å². The molecule has 18 heavy (non-hydrogen) atoms. The van der Waals surface area contributed by atoms with Crippen molar-refractivity contribution >= 4 is 23.3 Å². The van der Waals surface area contributed by atoms with E-state index in [1.807, 2.05) is 18.2 Å². The molecule has 1 atom stereocenters. The number of carboxylic acids is 1. The molecule has 1 unspecified atom stereocenters. The quantitative estimate of drug-likeness (QED) is 0.910. The van der Waals surface area contributed by atoms with E-state index in [1.165, 1.54) is 11.3 Å². The monoisotopic (exact) mass is 267 g/mol. The van der Waals surface area contributed by atoms with Crippen molar-refractivity contribution in [1.82, 2.24) is 0 Å². The Bertz CT molecular complexity index is 447. The zero-order valence-corrected chi connectivity index (χ0v) is 11.3. The van der Waals surface area contributed by atoms with Crippen LogP contribution in [0, 0.1) is 12.8 Å². The Morgan fingerprint density at radius 1 is 1.56 bits per heavy atom. The van der Waals surface area contributed by atoms with Crippen LogP contribution in [0.15, 0.2) is 18.2 Å². The Labute approximate surface area is 112 Å². The second-order valence-electron chi connectivity index (χ2n) is 4.96. The van der Waals surface area contributed by atoms with E-state index < -0.39 is 5.97 Å². The average Bonchev–Trinajstić information content (AvgIpc) is 2.78. The summed E-state index contributed by atoms with van der Waals surface area (Å²) in [5.41, 5.74) is 2.40. The van der Waals surface area contributed by atoms with Crippen molar-refractivity contribution in [3.8, 4) is 0 Å². The molecule has 1 aliphatic heterocycles. The Hall–Kier alpha value is -1.22. The SMILES string of the molecule is Cc1ccc(Cl)cc1N1CCC(CCC(=O)O)C1. The van der Waals surface area contributed by atoms with Gasteiger partial charge in [0.05, 0.1) is 0 Å². The number of hydrogen-bond acceptors (Lipinski definition) is 2. The molecule has 1 saturated heterocycles. The van der Waals surface area contributed by atoms with Crippen molar-refractivity contribution in [1.29, 1.82) is 0 Å². The van der Waals surface area contributed by atoms with Gasteiger partial charge in [-0.2, -0.15) is 0 Å². The van der Waals surface area contributed by atoms with Gasteiger partial charge in [0.25, 0.3) is 0 Å². The number of aliphatic carboxylic acids is 1. The van der Waals surface area contributed by atoms with Crippen molar-refractivity contribution < 1.29 is 9.90 Å². The standard InChI is InChI=1S/C14H18ClNO2/c1-10-2-4-12(15)8-13(10)16-7-6-11(9-16)3-5-14(17)18/h2,4,8,11H,3,5-7,9H2,1H3,(H,17,18). The van der Waals surface area contributed by atoms with Crippen LogP contribution in [0.3, 0.4) is 0 Å². The highest BCUT2D eigenvalue weighted by Crippen LogP contribution is 2.30. The van der Waals surface area contributed by atoms with Gasteiger partial charge >= 0.3 is 5.97 Å². The maximum absolute atomic E-state index is 10.6. The van der Waals surface area contributed by atoms with Crippen molar-refractivity contribution in [2.45, 2.75) is 26.2 Å². The predicted molar refractivity (Wildman–Crippen MR) is 73.4 cm³/mol. The molecule has 1 fully saturated rings. The molecule has 2 rings (SSSR count). The van der Waals surface area contributed by atoms with Gasteiger partial charge in [-0.15, -0.1) is 0 Å². The molecule has 0 bridgehead atoms. The summed E-state index contributed by atoms with van der Waals surface area (Å²) >= 11 is 6.03. The molecule has 98 valence electrons. The molecular formula is C14H18ClNO2. The lowest BCUT2D eigenvalue weighted by atomic mass is 10.0. The predicted octanol–water partition coefficient (Wildman–Crippen LogP) is 3.34. The van der Waals surface area contributed by atoms with Crippen LogP contribution in [0.4, 0.5) is 5.69 Å². The minimum absolute atomic E-state index is 0.271. The van der Waals surface area contributed by atoms with Gasteiger partial charge in [0.15, 0.2) is 0 Å². The zero-order chi connectivity index (χ0) is 13.1. The van der Waals surface area contributed by atoms with Gasteiger partial charge in [-0.05, 0) is 43.4 Å². The van der Waals surface area contributed by atoms with Gasteiger partial charge in [-0.25, -0.2) is 0 Å². The third-order valence-electron chi connectivity index (χ3n) is 3.56. The summed E-state index contributed by atoms with van der Waals surface area (Å²) in [4.78, 5) is 12.9. The highest BCUT2D eigenvalue weighted by Gasteiger charge is 2.24. The van der Waals surface area contributed by atoms with Crippen LogP contribution in [0.5, 0.6) is 0 Å². The van der Waals surface area contributed by atoms with Crippen LogP contribution in [0.1, 0.15) is 24.8 Å². The molecule has 1 N–H and O–H groups in total. The molecule has 1 aliphatic rings. The molecular weight excluding hydrogens is 250 g/mol.